The molecule has 13 heteroatoms. The molecule has 7 N–H and O–H groups in total. The Kier molecular flexibility index (Phi) is 14.0. The number of aliphatic carboxylic acids is 1. The largest absolute Gasteiger partial charge is 0.480 e. The average molecular weight is 796 g/mol. The van der Waals surface area contributed by atoms with Crippen molar-refractivity contribution in [2.45, 2.75) is 62.4 Å². The van der Waals surface area contributed by atoms with Gasteiger partial charge in [0.25, 0.3) is 5.91 Å². The van der Waals surface area contributed by atoms with Crippen molar-refractivity contribution in [2.75, 3.05) is 5.32 Å². The molecule has 5 aromatic carbocycles. The second-order valence-corrected chi connectivity index (χ2v) is 14.4. The van der Waals surface area contributed by atoms with Crippen molar-refractivity contribution in [3.05, 3.63) is 162 Å². The van der Waals surface area contributed by atoms with Crippen LogP contribution in [0.3, 0.4) is 0 Å². The molecule has 7 rings (SSSR count). The number of carboxylic acid groups (broad SMARTS) is 1. The number of aliphatic hydroxyl groups excluding tert-OH is 1. The summed E-state index contributed by atoms with van der Waals surface area (Å²) in [6, 6.07) is 35.8. The number of benzene rings is 5. The van der Waals surface area contributed by atoms with Gasteiger partial charge in [-0.15, -0.1) is 0 Å². The highest BCUT2D eigenvalue weighted by atomic mass is 16.4. The summed E-state index contributed by atoms with van der Waals surface area (Å²) in [6.45, 7) is 0. The second kappa shape index (κ2) is 19.8. The van der Waals surface area contributed by atoms with Crippen molar-refractivity contribution in [1.82, 2.24) is 21.3 Å². The van der Waals surface area contributed by atoms with Crippen LogP contribution in [0.1, 0.15) is 28.7 Å². The molecule has 2 aliphatic rings. The van der Waals surface area contributed by atoms with Crippen LogP contribution in [-0.2, 0) is 54.5 Å². The molecule has 0 saturated carbocycles. The van der Waals surface area contributed by atoms with E-state index in [1.54, 1.807) is 72.8 Å². The van der Waals surface area contributed by atoms with Crippen LogP contribution < -0.4 is 26.6 Å². The van der Waals surface area contributed by atoms with Gasteiger partial charge < -0.3 is 36.8 Å². The summed E-state index contributed by atoms with van der Waals surface area (Å²) in [7, 11) is 0. The highest BCUT2D eigenvalue weighted by Crippen LogP contribution is 2.20. The van der Waals surface area contributed by atoms with E-state index in [-0.39, 0.29) is 31.4 Å². The lowest BCUT2D eigenvalue weighted by molar-refractivity contribution is -0.142. The Morgan fingerprint density at radius 1 is 0.492 bits per heavy atom. The molecule has 302 valence electrons. The maximum absolute atomic E-state index is 14.4. The van der Waals surface area contributed by atoms with Gasteiger partial charge in [0.15, 0.2) is 0 Å². The fraction of sp³-hybridized carbons (Fsp3) is 0.217. The summed E-state index contributed by atoms with van der Waals surface area (Å²) in [6.07, 6.45) is -2.61. The number of rotatable bonds is 8. The molecule has 5 amide bonds. The second-order valence-electron chi connectivity index (χ2n) is 14.4. The van der Waals surface area contributed by atoms with Crippen LogP contribution in [0.5, 0.6) is 0 Å². The van der Waals surface area contributed by atoms with Crippen LogP contribution in [0.4, 0.5) is 5.69 Å². The fourth-order valence-corrected chi connectivity index (χ4v) is 6.75. The van der Waals surface area contributed by atoms with Crippen molar-refractivity contribution >= 4 is 41.2 Å². The van der Waals surface area contributed by atoms with Crippen molar-refractivity contribution in [3.63, 3.8) is 0 Å². The highest BCUT2D eigenvalue weighted by molar-refractivity contribution is 5.98. The van der Waals surface area contributed by atoms with E-state index in [2.05, 4.69) is 26.6 Å². The lowest BCUT2D eigenvalue weighted by Crippen LogP contribution is -2.59. The molecular formula is C46H45N5O8. The van der Waals surface area contributed by atoms with Crippen LogP contribution in [-0.4, -0.2) is 76.0 Å². The third-order valence-corrected chi connectivity index (χ3v) is 9.94. The van der Waals surface area contributed by atoms with E-state index in [9.17, 15) is 39.0 Å². The molecule has 5 aromatic rings. The molecule has 0 saturated heterocycles. The molecule has 0 aliphatic carbocycles. The summed E-state index contributed by atoms with van der Waals surface area (Å²) >= 11 is 0. The lowest BCUT2D eigenvalue weighted by Gasteiger charge is -2.26. The number of carbonyl (C=O) groups is 6. The third-order valence-electron chi connectivity index (χ3n) is 9.94. The molecule has 2 heterocycles. The Morgan fingerprint density at radius 2 is 0.932 bits per heavy atom. The van der Waals surface area contributed by atoms with Crippen LogP contribution in [0.2, 0.25) is 0 Å². The summed E-state index contributed by atoms with van der Waals surface area (Å²) in [4.78, 5) is 81.4. The topological polar surface area (TPSA) is 203 Å². The molecule has 0 fully saturated rings. The minimum absolute atomic E-state index is 0.000598. The number of nitrogens with one attached hydrogen (secondary N) is 5. The highest BCUT2D eigenvalue weighted by Gasteiger charge is 2.33. The van der Waals surface area contributed by atoms with Gasteiger partial charge >= 0.3 is 5.97 Å². The van der Waals surface area contributed by atoms with Gasteiger partial charge in [-0.25, -0.2) is 4.79 Å². The van der Waals surface area contributed by atoms with Gasteiger partial charge in [0, 0.05) is 31.4 Å². The van der Waals surface area contributed by atoms with Crippen molar-refractivity contribution in [1.29, 1.82) is 0 Å². The van der Waals surface area contributed by atoms with Gasteiger partial charge in [0.2, 0.25) is 23.6 Å². The first-order valence-corrected chi connectivity index (χ1v) is 19.2. The number of aliphatic hydroxyl groups is 1. The van der Waals surface area contributed by atoms with E-state index in [0.717, 1.165) is 11.1 Å². The molecule has 0 spiro atoms. The smallest absolute Gasteiger partial charge is 0.326 e. The normalized spacial score (nSPS) is 20.8. The SMILES string of the molecule is O=C1C[C@@H](O)C(=O)Nc2ccc(cc2)C[C@H](C(=O)O)NC(=O)[C@@H](Cc2ccccc2)NC(=O)[C@H](Cc2ccc(-c3ccccc3)cc2)NC(=O)[C@@H](Cc2ccccc2)N1. The Hall–Kier alpha value is -7.12. The number of amides is 5. The summed E-state index contributed by atoms with van der Waals surface area (Å²) < 4.78 is 0. The molecule has 5 atom stereocenters. The minimum Gasteiger partial charge on any atom is -0.480 e. The van der Waals surface area contributed by atoms with Gasteiger partial charge in [-0.2, -0.15) is 0 Å². The Morgan fingerprint density at radius 3 is 1.44 bits per heavy atom. The van der Waals surface area contributed by atoms with E-state index in [1.807, 2.05) is 54.6 Å². The number of hydrogen-bond donors (Lipinski definition) is 7. The van der Waals surface area contributed by atoms with Gasteiger partial charge in [0.05, 0.1) is 6.42 Å². The molecule has 2 aliphatic heterocycles. The molecule has 0 radical (unpaired) electrons. The molecule has 0 unspecified atom stereocenters. The van der Waals surface area contributed by atoms with E-state index in [0.29, 0.717) is 22.3 Å². The van der Waals surface area contributed by atoms with Crippen LogP contribution in [0.25, 0.3) is 11.1 Å². The van der Waals surface area contributed by atoms with Gasteiger partial charge in [-0.05, 0) is 45.5 Å². The maximum Gasteiger partial charge on any atom is 0.326 e. The van der Waals surface area contributed by atoms with E-state index < -0.39 is 72.2 Å². The predicted molar refractivity (Wildman–Crippen MR) is 221 cm³/mol. The van der Waals surface area contributed by atoms with Crippen molar-refractivity contribution in [3.8, 4) is 11.1 Å². The Bertz CT molecular complexity index is 2240. The van der Waals surface area contributed by atoms with Crippen molar-refractivity contribution in [2.24, 2.45) is 0 Å². The minimum atomic E-state index is -1.78. The lowest BCUT2D eigenvalue weighted by atomic mass is 9.98. The quantitative estimate of drug-likeness (QED) is 0.116. The fourth-order valence-electron chi connectivity index (χ4n) is 6.75. The number of fused-ring (bicyclic) bond motifs is 18. The first-order chi connectivity index (χ1) is 28.5. The summed E-state index contributed by atoms with van der Waals surface area (Å²) in [5, 5.41) is 34.2. The Balaban J connectivity index is 1.36. The van der Waals surface area contributed by atoms with Gasteiger partial charge in [-0.1, -0.05) is 127 Å². The maximum atomic E-state index is 14.4. The van der Waals surface area contributed by atoms with Crippen LogP contribution in [0.15, 0.2) is 140 Å². The molecule has 13 nitrogen and oxygen atoms in total. The average Bonchev–Trinajstić information content (AvgIpc) is 3.24. The van der Waals surface area contributed by atoms with E-state index in [4.69, 9.17) is 0 Å². The Labute approximate surface area is 341 Å². The van der Waals surface area contributed by atoms with Gasteiger partial charge in [-0.3, -0.25) is 24.0 Å². The number of hydrogen-bond acceptors (Lipinski definition) is 7. The molecule has 59 heavy (non-hydrogen) atoms. The molecule has 2 bridgehead atoms. The summed E-state index contributed by atoms with van der Waals surface area (Å²) in [5.41, 5.74) is 4.74. The first kappa shape index (κ1) is 41.5. The zero-order valence-electron chi connectivity index (χ0n) is 32.0. The standard InChI is InChI=1S/C46H45N5O8/c52-40-28-41(53)48-36(24-29-10-4-1-5-11-29)42(54)49-38(26-31-16-20-34(21-17-31)33-14-8-3-9-15-33)43(55)50-37(25-30-12-6-2-7-13-30)44(56)51-39(46(58)59)27-32-18-22-35(23-19-32)47-45(40)57/h1-23,36-40,52H,24-28H2,(H,47,57)(H,48,53)(H,49,54)(H,50,55)(H,51,56)(H,58,59)/t36-,37-,38+,39-,40-/m1/s1. The van der Waals surface area contributed by atoms with E-state index >= 15 is 0 Å². The number of carboxylic acids is 1. The van der Waals surface area contributed by atoms with Gasteiger partial charge in [0.1, 0.15) is 30.3 Å². The predicted octanol–water partition coefficient (Wildman–Crippen LogP) is 3.35. The zero-order valence-corrected chi connectivity index (χ0v) is 32.0. The van der Waals surface area contributed by atoms with Crippen molar-refractivity contribution < 1.29 is 39.0 Å². The molecular weight excluding hydrogens is 751 g/mol. The third kappa shape index (κ3) is 11.9. The van der Waals surface area contributed by atoms with E-state index in [1.165, 1.54) is 12.1 Å². The summed E-state index contributed by atoms with van der Waals surface area (Å²) in [5.74, 6) is -5.20. The van der Waals surface area contributed by atoms with Crippen LogP contribution >= 0.6 is 0 Å². The molecule has 0 aromatic heterocycles. The zero-order chi connectivity index (χ0) is 41.7. The van der Waals surface area contributed by atoms with Crippen LogP contribution in [0, 0.1) is 0 Å². The monoisotopic (exact) mass is 795 g/mol. The first-order valence-electron chi connectivity index (χ1n) is 19.2. The number of anilines is 1. The number of carbonyl (C=O) groups excluding carboxylic acids is 5.